The van der Waals surface area contributed by atoms with Gasteiger partial charge >= 0.3 is 0 Å². The lowest BCUT2D eigenvalue weighted by atomic mass is 10.2. The Morgan fingerprint density at radius 2 is 2.14 bits per heavy atom. The molecule has 0 amide bonds. The van der Waals surface area contributed by atoms with Crippen LogP contribution in [0.4, 0.5) is 0 Å². The number of nitrogens with zero attached hydrogens (tertiary/aromatic N) is 1. The number of hydrogen-bond acceptors (Lipinski definition) is 2. The Hall–Kier alpha value is -0.860. The van der Waals surface area contributed by atoms with Crippen molar-refractivity contribution < 1.29 is 4.74 Å². The summed E-state index contributed by atoms with van der Waals surface area (Å²) in [6.07, 6.45) is 1.17. The summed E-state index contributed by atoms with van der Waals surface area (Å²) >= 11 is 0. The molecule has 0 saturated carbocycles. The first-order valence-corrected chi connectivity index (χ1v) is 5.18. The summed E-state index contributed by atoms with van der Waals surface area (Å²) < 4.78 is 5.37. The minimum absolute atomic E-state index is 0.607. The van der Waals surface area contributed by atoms with Crippen molar-refractivity contribution in [2.24, 2.45) is 0 Å². The normalized spacial score (nSPS) is 21.7. The summed E-state index contributed by atoms with van der Waals surface area (Å²) in [7, 11) is 2.17. The summed E-state index contributed by atoms with van der Waals surface area (Å²) in [5.74, 6) is 0. The van der Waals surface area contributed by atoms with E-state index in [-0.39, 0.29) is 0 Å². The van der Waals surface area contributed by atoms with Gasteiger partial charge in [-0.3, -0.25) is 4.90 Å². The largest absolute Gasteiger partial charge is 0.380 e. The number of benzene rings is 1. The van der Waals surface area contributed by atoms with E-state index in [1.807, 2.05) is 0 Å². The molecule has 1 saturated heterocycles. The van der Waals surface area contributed by atoms with E-state index in [2.05, 4.69) is 42.3 Å². The molecule has 1 aliphatic heterocycles. The van der Waals surface area contributed by atoms with Crippen LogP contribution < -0.4 is 0 Å². The lowest BCUT2D eigenvalue weighted by molar-refractivity contribution is 0.156. The van der Waals surface area contributed by atoms with E-state index >= 15 is 0 Å². The standard InChI is InChI=1S/C12H17NO/c1-13(12-7-8-14-10-12)9-11-5-3-2-4-6-11/h2-6,12H,7-10H2,1H3. The Bertz CT molecular complexity index is 267. The maximum atomic E-state index is 5.37. The number of hydrogen-bond donors (Lipinski definition) is 0. The predicted octanol–water partition coefficient (Wildman–Crippen LogP) is 1.91. The lowest BCUT2D eigenvalue weighted by Gasteiger charge is -2.22. The average Bonchev–Trinajstić information content (AvgIpc) is 2.72. The maximum absolute atomic E-state index is 5.37. The van der Waals surface area contributed by atoms with E-state index in [1.54, 1.807) is 0 Å². The molecule has 0 radical (unpaired) electrons. The van der Waals surface area contributed by atoms with Gasteiger partial charge in [0.15, 0.2) is 0 Å². The highest BCUT2D eigenvalue weighted by Gasteiger charge is 2.19. The van der Waals surface area contributed by atoms with Gasteiger partial charge in [-0.05, 0) is 19.0 Å². The van der Waals surface area contributed by atoms with Crippen LogP contribution in [0.25, 0.3) is 0 Å². The summed E-state index contributed by atoms with van der Waals surface area (Å²) in [5.41, 5.74) is 1.38. The minimum Gasteiger partial charge on any atom is -0.380 e. The summed E-state index contributed by atoms with van der Waals surface area (Å²) in [6, 6.07) is 11.2. The zero-order valence-electron chi connectivity index (χ0n) is 8.65. The van der Waals surface area contributed by atoms with E-state index in [1.165, 1.54) is 12.0 Å². The predicted molar refractivity (Wildman–Crippen MR) is 57.1 cm³/mol. The first kappa shape index (κ1) is 9.69. The molecular weight excluding hydrogens is 174 g/mol. The molecule has 0 spiro atoms. The third-order valence-corrected chi connectivity index (χ3v) is 2.80. The molecule has 0 N–H and O–H groups in total. The molecule has 2 rings (SSSR count). The molecule has 1 aromatic carbocycles. The Morgan fingerprint density at radius 1 is 1.36 bits per heavy atom. The van der Waals surface area contributed by atoms with Crippen molar-refractivity contribution in [3.8, 4) is 0 Å². The highest BCUT2D eigenvalue weighted by atomic mass is 16.5. The molecule has 1 unspecified atom stereocenters. The third-order valence-electron chi connectivity index (χ3n) is 2.80. The molecule has 0 aliphatic carbocycles. The van der Waals surface area contributed by atoms with E-state index in [4.69, 9.17) is 4.74 Å². The third kappa shape index (κ3) is 2.34. The number of likely N-dealkylation sites (N-methyl/N-ethyl adjacent to an activating group) is 1. The van der Waals surface area contributed by atoms with Crippen molar-refractivity contribution in [1.82, 2.24) is 4.90 Å². The summed E-state index contributed by atoms with van der Waals surface area (Å²) in [6.45, 7) is 2.84. The SMILES string of the molecule is CN(Cc1ccccc1)C1CCOC1. The molecule has 2 nitrogen and oxygen atoms in total. The van der Waals surface area contributed by atoms with Crippen LogP contribution >= 0.6 is 0 Å². The van der Waals surface area contributed by atoms with Gasteiger partial charge in [0, 0.05) is 19.2 Å². The van der Waals surface area contributed by atoms with Crippen molar-refractivity contribution in [2.75, 3.05) is 20.3 Å². The van der Waals surface area contributed by atoms with Crippen molar-refractivity contribution in [1.29, 1.82) is 0 Å². The van der Waals surface area contributed by atoms with Crippen LogP contribution in [0.3, 0.4) is 0 Å². The van der Waals surface area contributed by atoms with Crippen LogP contribution in [0.2, 0.25) is 0 Å². The van der Waals surface area contributed by atoms with Crippen LogP contribution in [-0.4, -0.2) is 31.2 Å². The summed E-state index contributed by atoms with van der Waals surface area (Å²) in [4.78, 5) is 2.38. The van der Waals surface area contributed by atoms with Gasteiger partial charge in [0.05, 0.1) is 6.61 Å². The molecule has 1 atom stereocenters. The van der Waals surface area contributed by atoms with Gasteiger partial charge in [-0.1, -0.05) is 30.3 Å². The highest BCUT2D eigenvalue weighted by Crippen LogP contribution is 2.13. The number of rotatable bonds is 3. The fourth-order valence-corrected chi connectivity index (χ4v) is 1.87. The topological polar surface area (TPSA) is 12.5 Å². The van der Waals surface area contributed by atoms with E-state index < -0.39 is 0 Å². The molecule has 1 aromatic rings. The van der Waals surface area contributed by atoms with E-state index in [0.717, 1.165) is 19.8 Å². The van der Waals surface area contributed by atoms with Crippen LogP contribution in [0, 0.1) is 0 Å². The van der Waals surface area contributed by atoms with E-state index in [0.29, 0.717) is 6.04 Å². The molecule has 0 bridgehead atoms. The van der Waals surface area contributed by atoms with Crippen molar-refractivity contribution >= 4 is 0 Å². The molecular formula is C12H17NO. The maximum Gasteiger partial charge on any atom is 0.0622 e. The first-order valence-electron chi connectivity index (χ1n) is 5.18. The van der Waals surface area contributed by atoms with Gasteiger partial charge in [0.1, 0.15) is 0 Å². The zero-order chi connectivity index (χ0) is 9.80. The van der Waals surface area contributed by atoms with Gasteiger partial charge in [0.25, 0.3) is 0 Å². The van der Waals surface area contributed by atoms with Gasteiger partial charge in [0.2, 0.25) is 0 Å². The lowest BCUT2D eigenvalue weighted by Crippen LogP contribution is -2.31. The zero-order valence-corrected chi connectivity index (χ0v) is 8.65. The number of ether oxygens (including phenoxy) is 1. The highest BCUT2D eigenvalue weighted by molar-refractivity contribution is 5.14. The Kier molecular flexibility index (Phi) is 3.17. The fourth-order valence-electron chi connectivity index (χ4n) is 1.87. The molecule has 1 fully saturated rings. The van der Waals surface area contributed by atoms with Crippen molar-refractivity contribution in [3.05, 3.63) is 35.9 Å². The Morgan fingerprint density at radius 3 is 2.79 bits per heavy atom. The second-order valence-electron chi connectivity index (χ2n) is 3.92. The molecule has 76 valence electrons. The summed E-state index contributed by atoms with van der Waals surface area (Å²) in [5, 5.41) is 0. The molecule has 1 aliphatic rings. The van der Waals surface area contributed by atoms with Crippen LogP contribution in [-0.2, 0) is 11.3 Å². The van der Waals surface area contributed by atoms with E-state index in [9.17, 15) is 0 Å². The van der Waals surface area contributed by atoms with Crippen LogP contribution in [0.5, 0.6) is 0 Å². The van der Waals surface area contributed by atoms with Gasteiger partial charge in [-0.25, -0.2) is 0 Å². The molecule has 1 heterocycles. The van der Waals surface area contributed by atoms with Gasteiger partial charge < -0.3 is 4.74 Å². The van der Waals surface area contributed by atoms with Gasteiger partial charge in [-0.15, -0.1) is 0 Å². The smallest absolute Gasteiger partial charge is 0.0622 e. The van der Waals surface area contributed by atoms with Crippen LogP contribution in [0.1, 0.15) is 12.0 Å². The Balaban J connectivity index is 1.90. The quantitative estimate of drug-likeness (QED) is 0.723. The monoisotopic (exact) mass is 191 g/mol. The molecule has 2 heteroatoms. The Labute approximate surface area is 85.5 Å². The second-order valence-corrected chi connectivity index (χ2v) is 3.92. The fraction of sp³-hybridized carbons (Fsp3) is 0.500. The second kappa shape index (κ2) is 4.58. The molecule has 0 aromatic heterocycles. The first-order chi connectivity index (χ1) is 6.86. The molecule has 14 heavy (non-hydrogen) atoms. The minimum atomic E-state index is 0.607. The average molecular weight is 191 g/mol. The van der Waals surface area contributed by atoms with Gasteiger partial charge in [-0.2, -0.15) is 0 Å². The van der Waals surface area contributed by atoms with Crippen LogP contribution in [0.15, 0.2) is 30.3 Å². The van der Waals surface area contributed by atoms with Crippen molar-refractivity contribution in [3.63, 3.8) is 0 Å². The van der Waals surface area contributed by atoms with Crippen molar-refractivity contribution in [2.45, 2.75) is 19.0 Å².